The molecule has 94 valence electrons. The lowest BCUT2D eigenvalue weighted by Gasteiger charge is -2.21. The zero-order chi connectivity index (χ0) is 12.3. The first-order valence-corrected chi connectivity index (χ1v) is 7.49. The van der Waals surface area contributed by atoms with Gasteiger partial charge in [-0.1, -0.05) is 0 Å². The van der Waals surface area contributed by atoms with Crippen molar-refractivity contribution in [3.05, 3.63) is 15.6 Å². The summed E-state index contributed by atoms with van der Waals surface area (Å²) in [6, 6.07) is 0. The highest BCUT2D eigenvalue weighted by atomic mass is 32.1. The third-order valence-electron chi connectivity index (χ3n) is 3.06. The summed E-state index contributed by atoms with van der Waals surface area (Å²) in [7, 11) is 0. The first-order valence-electron chi connectivity index (χ1n) is 6.04. The lowest BCUT2D eigenvalue weighted by atomic mass is 9.91. The molecule has 1 N–H and O–H groups in total. The van der Waals surface area contributed by atoms with E-state index in [1.54, 1.807) is 11.3 Å². The van der Waals surface area contributed by atoms with E-state index in [0.29, 0.717) is 18.1 Å². The van der Waals surface area contributed by atoms with Crippen LogP contribution in [0.5, 0.6) is 0 Å². The molecule has 0 fully saturated rings. The van der Waals surface area contributed by atoms with Crippen LogP contribution in [0.1, 0.15) is 40.8 Å². The highest BCUT2D eigenvalue weighted by Gasteiger charge is 2.24. The van der Waals surface area contributed by atoms with E-state index in [2.05, 4.69) is 29.9 Å². The number of aromatic nitrogens is 1. The van der Waals surface area contributed by atoms with Crippen molar-refractivity contribution in [1.82, 2.24) is 10.3 Å². The standard InChI is InChI=1S/C12H18N2OS2/c1-8-14-12-9(3-2-4-10(12)17-8)7-13-11(15)5-6-16/h9,16H,2-7H2,1H3,(H,13,15). The molecule has 1 atom stereocenters. The topological polar surface area (TPSA) is 42.0 Å². The Bertz CT molecular complexity index is 403. The Morgan fingerprint density at radius 1 is 1.65 bits per heavy atom. The molecule has 0 bridgehead atoms. The van der Waals surface area contributed by atoms with Crippen LogP contribution in [0, 0.1) is 6.92 Å². The van der Waals surface area contributed by atoms with Crippen molar-refractivity contribution in [3.8, 4) is 0 Å². The molecule has 17 heavy (non-hydrogen) atoms. The van der Waals surface area contributed by atoms with Gasteiger partial charge in [-0.3, -0.25) is 4.79 Å². The lowest BCUT2D eigenvalue weighted by Crippen LogP contribution is -2.30. The minimum Gasteiger partial charge on any atom is -0.355 e. The maximum absolute atomic E-state index is 11.4. The second-order valence-electron chi connectivity index (χ2n) is 4.41. The van der Waals surface area contributed by atoms with Crippen molar-refractivity contribution >= 4 is 29.9 Å². The summed E-state index contributed by atoms with van der Waals surface area (Å²) in [4.78, 5) is 17.5. The van der Waals surface area contributed by atoms with Crippen LogP contribution < -0.4 is 5.32 Å². The molecule has 5 heteroatoms. The molecule has 3 nitrogen and oxygen atoms in total. The summed E-state index contributed by atoms with van der Waals surface area (Å²) >= 11 is 5.86. The van der Waals surface area contributed by atoms with Gasteiger partial charge in [-0.2, -0.15) is 12.6 Å². The van der Waals surface area contributed by atoms with Gasteiger partial charge in [0.05, 0.1) is 10.7 Å². The Hall–Kier alpha value is -0.550. The van der Waals surface area contributed by atoms with E-state index in [0.717, 1.165) is 24.4 Å². The first kappa shape index (κ1) is 12.9. The van der Waals surface area contributed by atoms with E-state index in [-0.39, 0.29) is 5.91 Å². The minimum absolute atomic E-state index is 0.0964. The van der Waals surface area contributed by atoms with E-state index < -0.39 is 0 Å². The van der Waals surface area contributed by atoms with E-state index >= 15 is 0 Å². The van der Waals surface area contributed by atoms with Crippen molar-refractivity contribution in [2.45, 2.75) is 38.5 Å². The van der Waals surface area contributed by atoms with Crippen LogP contribution in [0.15, 0.2) is 0 Å². The number of nitrogens with one attached hydrogen (secondary N) is 1. The molecule has 1 aromatic rings. The third-order valence-corrected chi connectivity index (χ3v) is 4.33. The molecule has 1 aromatic heterocycles. The molecular formula is C12H18N2OS2. The highest BCUT2D eigenvalue weighted by molar-refractivity contribution is 7.80. The average Bonchev–Trinajstić information content (AvgIpc) is 2.67. The van der Waals surface area contributed by atoms with Crippen molar-refractivity contribution in [2.24, 2.45) is 0 Å². The largest absolute Gasteiger partial charge is 0.355 e. The zero-order valence-corrected chi connectivity index (χ0v) is 11.7. The molecule has 1 aliphatic carbocycles. The fourth-order valence-corrected chi connectivity index (χ4v) is 3.52. The summed E-state index contributed by atoms with van der Waals surface area (Å²) < 4.78 is 0. The Labute approximate surface area is 111 Å². The second kappa shape index (κ2) is 5.87. The fraction of sp³-hybridized carbons (Fsp3) is 0.667. The molecular weight excluding hydrogens is 252 g/mol. The number of carbonyl (C=O) groups is 1. The minimum atomic E-state index is 0.0964. The quantitative estimate of drug-likeness (QED) is 0.824. The van der Waals surface area contributed by atoms with Gasteiger partial charge < -0.3 is 5.32 Å². The SMILES string of the molecule is Cc1nc2c(s1)CCCC2CNC(=O)CCS. The highest BCUT2D eigenvalue weighted by Crippen LogP contribution is 2.34. The molecule has 2 rings (SSSR count). The molecule has 0 aliphatic heterocycles. The monoisotopic (exact) mass is 270 g/mol. The van der Waals surface area contributed by atoms with Gasteiger partial charge in [-0.05, 0) is 31.9 Å². The van der Waals surface area contributed by atoms with Gasteiger partial charge in [0.2, 0.25) is 5.91 Å². The molecule has 0 aromatic carbocycles. The van der Waals surface area contributed by atoms with Crippen LogP contribution in [-0.2, 0) is 11.2 Å². The van der Waals surface area contributed by atoms with Crippen LogP contribution in [0.2, 0.25) is 0 Å². The molecule has 0 saturated heterocycles. The Kier molecular flexibility index (Phi) is 4.45. The Morgan fingerprint density at radius 2 is 2.47 bits per heavy atom. The number of thiol groups is 1. The fourth-order valence-electron chi connectivity index (χ4n) is 2.25. The van der Waals surface area contributed by atoms with Gasteiger partial charge in [0.25, 0.3) is 0 Å². The van der Waals surface area contributed by atoms with Crippen molar-refractivity contribution in [2.75, 3.05) is 12.3 Å². The molecule has 1 aliphatic rings. The molecule has 1 heterocycles. The maximum Gasteiger partial charge on any atom is 0.220 e. The predicted molar refractivity (Wildman–Crippen MR) is 74.0 cm³/mol. The number of thiazole rings is 1. The van der Waals surface area contributed by atoms with Gasteiger partial charge in [-0.15, -0.1) is 11.3 Å². The lowest BCUT2D eigenvalue weighted by molar-refractivity contribution is -0.120. The van der Waals surface area contributed by atoms with Gasteiger partial charge in [-0.25, -0.2) is 4.98 Å². The van der Waals surface area contributed by atoms with E-state index in [9.17, 15) is 4.79 Å². The van der Waals surface area contributed by atoms with Crippen LogP contribution in [-0.4, -0.2) is 23.2 Å². The number of amides is 1. The number of rotatable bonds is 4. The van der Waals surface area contributed by atoms with Gasteiger partial charge in [0.15, 0.2) is 0 Å². The average molecular weight is 270 g/mol. The van der Waals surface area contributed by atoms with Gasteiger partial charge in [0, 0.05) is 23.8 Å². The van der Waals surface area contributed by atoms with Crippen LogP contribution in [0.3, 0.4) is 0 Å². The van der Waals surface area contributed by atoms with Crippen LogP contribution >= 0.6 is 24.0 Å². The number of nitrogens with zero attached hydrogens (tertiary/aromatic N) is 1. The van der Waals surface area contributed by atoms with E-state index in [1.807, 2.05) is 0 Å². The zero-order valence-electron chi connectivity index (χ0n) is 10.0. The Morgan fingerprint density at radius 3 is 3.24 bits per heavy atom. The van der Waals surface area contributed by atoms with Gasteiger partial charge >= 0.3 is 0 Å². The summed E-state index contributed by atoms with van der Waals surface area (Å²) in [5, 5.41) is 4.12. The van der Waals surface area contributed by atoms with Crippen LogP contribution in [0.4, 0.5) is 0 Å². The molecule has 0 saturated carbocycles. The summed E-state index contributed by atoms with van der Waals surface area (Å²) in [5.74, 6) is 1.11. The van der Waals surface area contributed by atoms with E-state index in [1.165, 1.54) is 17.0 Å². The summed E-state index contributed by atoms with van der Waals surface area (Å²) in [6.07, 6.45) is 4.00. The summed E-state index contributed by atoms with van der Waals surface area (Å²) in [6.45, 7) is 2.78. The van der Waals surface area contributed by atoms with E-state index in [4.69, 9.17) is 0 Å². The number of aryl methyl sites for hydroxylation is 2. The first-order chi connectivity index (χ1) is 8.20. The number of carbonyl (C=O) groups excluding carboxylic acids is 1. The predicted octanol–water partition coefficient (Wildman–Crippen LogP) is 2.31. The molecule has 1 amide bonds. The smallest absolute Gasteiger partial charge is 0.220 e. The normalized spacial score (nSPS) is 18.8. The van der Waals surface area contributed by atoms with Crippen molar-refractivity contribution in [3.63, 3.8) is 0 Å². The molecule has 0 spiro atoms. The third kappa shape index (κ3) is 3.22. The molecule has 0 radical (unpaired) electrons. The molecule has 1 unspecified atom stereocenters. The van der Waals surface area contributed by atoms with Crippen LogP contribution in [0.25, 0.3) is 0 Å². The maximum atomic E-state index is 11.4. The number of hydrogen-bond acceptors (Lipinski definition) is 4. The Balaban J connectivity index is 1.96. The van der Waals surface area contributed by atoms with Gasteiger partial charge in [0.1, 0.15) is 0 Å². The van der Waals surface area contributed by atoms with Crippen molar-refractivity contribution < 1.29 is 4.79 Å². The van der Waals surface area contributed by atoms with Crippen molar-refractivity contribution in [1.29, 1.82) is 0 Å². The summed E-state index contributed by atoms with van der Waals surface area (Å²) in [5.41, 5.74) is 1.23. The number of hydrogen-bond donors (Lipinski definition) is 2. The second-order valence-corrected chi connectivity index (χ2v) is 6.14. The number of fused-ring (bicyclic) bond motifs is 1.